The van der Waals surface area contributed by atoms with E-state index in [2.05, 4.69) is 5.10 Å². The van der Waals surface area contributed by atoms with Crippen LogP contribution in [0.15, 0.2) is 42.6 Å². The first-order valence-corrected chi connectivity index (χ1v) is 9.37. The van der Waals surface area contributed by atoms with E-state index in [0.29, 0.717) is 12.8 Å². The Morgan fingerprint density at radius 2 is 1.86 bits per heavy atom. The molecular weight excluding hydrogens is 374 g/mol. The topological polar surface area (TPSA) is 55.1 Å². The van der Waals surface area contributed by atoms with Gasteiger partial charge >= 0.3 is 0 Å². The minimum Gasteiger partial charge on any atom is -0.400 e. The fourth-order valence-electron chi connectivity index (χ4n) is 4.18. The predicted molar refractivity (Wildman–Crippen MR) is 107 cm³/mol. The highest BCUT2D eigenvalue weighted by Crippen LogP contribution is 2.43. The van der Waals surface area contributed by atoms with Crippen LogP contribution < -0.4 is 0 Å². The summed E-state index contributed by atoms with van der Waals surface area (Å²) in [4.78, 5) is 12.8. The summed E-state index contributed by atoms with van der Waals surface area (Å²) in [5.74, 6) is -1.22. The van der Waals surface area contributed by atoms with Crippen molar-refractivity contribution in [2.45, 2.75) is 39.0 Å². The fourth-order valence-corrected chi connectivity index (χ4v) is 4.18. The lowest BCUT2D eigenvalue weighted by atomic mass is 9.72. The average Bonchev–Trinajstić information content (AvgIpc) is 3.25. The number of rotatable bonds is 3. The summed E-state index contributed by atoms with van der Waals surface area (Å²) in [6, 6.07) is 9.45. The number of nitrogens with zero attached hydrogens (tertiary/aromatic N) is 2. The minimum absolute atomic E-state index is 0.0820. The number of aromatic nitrogens is 2. The van der Waals surface area contributed by atoms with Crippen molar-refractivity contribution in [3.8, 4) is 5.69 Å². The highest BCUT2D eigenvalue weighted by molar-refractivity contribution is 5.90. The second kappa shape index (κ2) is 7.87. The zero-order chi connectivity index (χ0) is 21.3. The molecule has 29 heavy (non-hydrogen) atoms. The number of benzene rings is 2. The third kappa shape index (κ3) is 3.38. The lowest BCUT2D eigenvalue weighted by molar-refractivity contribution is -0.122. The SMILES string of the molecule is CC(=O)[C@@]1(c2cccc(C)c2C)Cc2cnn(-c3ccc(F)cc3F)c2C1.CO. The minimum atomic E-state index is -0.679. The average molecular weight is 398 g/mol. The first-order valence-electron chi connectivity index (χ1n) is 9.37. The Bertz CT molecular complexity index is 1070. The van der Waals surface area contributed by atoms with Crippen molar-refractivity contribution in [1.29, 1.82) is 0 Å². The first kappa shape index (κ1) is 20.9. The molecule has 0 saturated carbocycles. The molecule has 152 valence electrons. The van der Waals surface area contributed by atoms with Gasteiger partial charge in [-0.1, -0.05) is 18.2 Å². The molecule has 0 aliphatic heterocycles. The Hall–Kier alpha value is -2.86. The Morgan fingerprint density at radius 3 is 2.52 bits per heavy atom. The monoisotopic (exact) mass is 398 g/mol. The normalized spacial score (nSPS) is 17.5. The van der Waals surface area contributed by atoms with E-state index in [-0.39, 0.29) is 11.5 Å². The molecule has 2 aromatic carbocycles. The van der Waals surface area contributed by atoms with Gasteiger partial charge in [-0.3, -0.25) is 4.79 Å². The Balaban J connectivity index is 0.00000117. The van der Waals surface area contributed by atoms with Crippen LogP contribution in [0.1, 0.15) is 34.9 Å². The van der Waals surface area contributed by atoms with Crippen molar-refractivity contribution >= 4 is 5.78 Å². The maximum Gasteiger partial charge on any atom is 0.151 e. The van der Waals surface area contributed by atoms with E-state index in [1.165, 1.54) is 16.8 Å². The van der Waals surface area contributed by atoms with Gasteiger partial charge in [-0.2, -0.15) is 5.10 Å². The number of carbonyl (C=O) groups excluding carboxylic acids is 1. The van der Waals surface area contributed by atoms with Crippen molar-refractivity contribution in [3.63, 3.8) is 0 Å². The van der Waals surface area contributed by atoms with Gasteiger partial charge in [-0.25, -0.2) is 13.5 Å². The molecule has 3 aromatic rings. The second-order valence-electron chi connectivity index (χ2n) is 7.36. The van der Waals surface area contributed by atoms with Crippen LogP contribution >= 0.6 is 0 Å². The van der Waals surface area contributed by atoms with Crippen LogP contribution in [0.3, 0.4) is 0 Å². The zero-order valence-corrected chi connectivity index (χ0v) is 17.0. The smallest absolute Gasteiger partial charge is 0.151 e. The van der Waals surface area contributed by atoms with Crippen LogP contribution in [0.2, 0.25) is 0 Å². The summed E-state index contributed by atoms with van der Waals surface area (Å²) >= 11 is 0. The van der Waals surface area contributed by atoms with Gasteiger partial charge in [0.2, 0.25) is 0 Å². The van der Waals surface area contributed by atoms with Crippen LogP contribution in [0.4, 0.5) is 8.78 Å². The van der Waals surface area contributed by atoms with Gasteiger partial charge in [0.05, 0.1) is 11.6 Å². The number of aliphatic hydroxyl groups excluding tert-OH is 1. The van der Waals surface area contributed by atoms with Crippen molar-refractivity contribution in [2.75, 3.05) is 7.11 Å². The van der Waals surface area contributed by atoms with Crippen molar-refractivity contribution in [3.05, 3.63) is 82.2 Å². The van der Waals surface area contributed by atoms with Crippen LogP contribution in [0.25, 0.3) is 5.69 Å². The van der Waals surface area contributed by atoms with E-state index < -0.39 is 17.0 Å². The lowest BCUT2D eigenvalue weighted by Gasteiger charge is -2.29. The molecule has 1 aliphatic rings. The molecule has 4 rings (SSSR count). The van der Waals surface area contributed by atoms with Crippen molar-refractivity contribution < 1.29 is 18.7 Å². The maximum absolute atomic E-state index is 14.3. The number of aliphatic hydroxyl groups is 1. The number of halogens is 2. The first-order chi connectivity index (χ1) is 13.8. The standard InChI is InChI=1S/C22H20F2N2O.CH4O/c1-13-5-4-6-18(14(13)2)22(15(3)27)10-16-12-25-26(21(16)11-22)20-8-7-17(23)9-19(20)24;1-2/h4-9,12H,10-11H2,1-3H3;2H,1H3/t22-;/m1./s1. The fraction of sp³-hybridized carbons (Fsp3) is 0.304. The van der Waals surface area contributed by atoms with Gasteiger partial charge in [0.1, 0.15) is 17.3 Å². The van der Waals surface area contributed by atoms with E-state index in [9.17, 15) is 13.6 Å². The molecule has 1 aliphatic carbocycles. The summed E-state index contributed by atoms with van der Waals surface area (Å²) in [6.45, 7) is 5.68. The molecule has 1 atom stereocenters. The number of fused-ring (bicyclic) bond motifs is 1. The molecule has 0 radical (unpaired) electrons. The number of Topliss-reactive ketones (excluding diaryl/α,β-unsaturated/α-hetero) is 1. The second-order valence-corrected chi connectivity index (χ2v) is 7.36. The lowest BCUT2D eigenvalue weighted by Crippen LogP contribution is -2.36. The van der Waals surface area contributed by atoms with Crippen molar-refractivity contribution in [1.82, 2.24) is 9.78 Å². The molecule has 6 heteroatoms. The van der Waals surface area contributed by atoms with Gasteiger partial charge in [0.25, 0.3) is 0 Å². The van der Waals surface area contributed by atoms with Crippen LogP contribution in [-0.2, 0) is 23.1 Å². The number of ketones is 1. The highest BCUT2D eigenvalue weighted by atomic mass is 19.1. The number of hydrogen-bond donors (Lipinski definition) is 1. The van der Waals surface area contributed by atoms with E-state index in [1.54, 1.807) is 13.1 Å². The van der Waals surface area contributed by atoms with Gasteiger partial charge in [0.15, 0.2) is 5.82 Å². The Labute approximate surface area is 168 Å². The predicted octanol–water partition coefficient (Wildman–Crippen LogP) is 4.00. The van der Waals surface area contributed by atoms with E-state index in [0.717, 1.165) is 41.1 Å². The molecule has 0 amide bonds. The van der Waals surface area contributed by atoms with Gasteiger partial charge < -0.3 is 5.11 Å². The van der Waals surface area contributed by atoms with Crippen LogP contribution in [0.5, 0.6) is 0 Å². The van der Waals surface area contributed by atoms with Gasteiger partial charge in [0, 0.05) is 25.3 Å². The molecule has 1 N–H and O–H groups in total. The number of hydrogen-bond acceptors (Lipinski definition) is 3. The quantitative estimate of drug-likeness (QED) is 0.726. The largest absolute Gasteiger partial charge is 0.400 e. The third-order valence-corrected chi connectivity index (χ3v) is 5.85. The van der Waals surface area contributed by atoms with Crippen LogP contribution in [-0.4, -0.2) is 27.8 Å². The third-order valence-electron chi connectivity index (χ3n) is 5.85. The summed E-state index contributed by atoms with van der Waals surface area (Å²) in [7, 11) is 1.00. The Morgan fingerprint density at radius 1 is 1.14 bits per heavy atom. The summed E-state index contributed by atoms with van der Waals surface area (Å²) < 4.78 is 29.1. The molecular formula is C23H24F2N2O2. The highest BCUT2D eigenvalue weighted by Gasteiger charge is 2.46. The summed E-state index contributed by atoms with van der Waals surface area (Å²) in [5, 5.41) is 11.3. The van der Waals surface area contributed by atoms with Crippen LogP contribution in [0, 0.1) is 25.5 Å². The summed E-state index contributed by atoms with van der Waals surface area (Å²) in [6.07, 6.45) is 2.66. The molecule has 0 bridgehead atoms. The van der Waals surface area contributed by atoms with Gasteiger partial charge in [-0.15, -0.1) is 0 Å². The molecule has 1 aromatic heterocycles. The Kier molecular flexibility index (Phi) is 5.66. The van der Waals surface area contributed by atoms with Crippen molar-refractivity contribution in [2.24, 2.45) is 0 Å². The molecule has 0 saturated heterocycles. The number of aryl methyl sites for hydroxylation is 1. The zero-order valence-electron chi connectivity index (χ0n) is 17.0. The molecule has 0 spiro atoms. The maximum atomic E-state index is 14.3. The molecule has 1 heterocycles. The van der Waals surface area contributed by atoms with E-state index in [1.807, 2.05) is 32.0 Å². The number of carbonyl (C=O) groups is 1. The molecule has 0 unspecified atom stereocenters. The van der Waals surface area contributed by atoms with E-state index >= 15 is 0 Å². The summed E-state index contributed by atoms with van der Waals surface area (Å²) in [5.41, 5.74) is 4.49. The molecule has 0 fully saturated rings. The van der Waals surface area contributed by atoms with Gasteiger partial charge in [-0.05, 0) is 61.6 Å². The molecule has 4 nitrogen and oxygen atoms in total. The van der Waals surface area contributed by atoms with E-state index in [4.69, 9.17) is 5.11 Å².